The fourth-order valence-electron chi connectivity index (χ4n) is 3.41. The molecule has 1 atom stereocenters. The first-order chi connectivity index (χ1) is 10.6. The third-order valence-electron chi connectivity index (χ3n) is 4.41. The predicted octanol–water partition coefficient (Wildman–Crippen LogP) is 3.38. The number of aromatic nitrogens is 2. The molecule has 1 N–H and O–H groups in total. The average molecular weight is 431 g/mol. The maximum atomic E-state index is 4.46. The molecule has 130 valence electrons. The van der Waals surface area contributed by atoms with Crippen molar-refractivity contribution in [3.63, 3.8) is 0 Å². The summed E-state index contributed by atoms with van der Waals surface area (Å²) in [6.45, 7) is 9.46. The minimum absolute atomic E-state index is 0. The molecule has 0 spiro atoms. The van der Waals surface area contributed by atoms with Crippen LogP contribution in [0.25, 0.3) is 0 Å². The molecule has 0 amide bonds. The molecule has 1 aliphatic heterocycles. The molecule has 5 nitrogen and oxygen atoms in total. The number of likely N-dealkylation sites (tertiary alicyclic amines) is 1. The van der Waals surface area contributed by atoms with E-state index in [0.29, 0.717) is 12.0 Å². The molecule has 1 aromatic rings. The Hall–Kier alpha value is -0.920. The summed E-state index contributed by atoms with van der Waals surface area (Å²) < 4.78 is 0. The van der Waals surface area contributed by atoms with E-state index < -0.39 is 0 Å². The summed E-state index contributed by atoms with van der Waals surface area (Å²) in [5.41, 5.74) is 1.41. The highest BCUT2D eigenvalue weighted by Gasteiger charge is 2.31. The smallest absolute Gasteiger partial charge is 0.193 e. The molecule has 2 heterocycles. The first kappa shape index (κ1) is 20.1. The minimum atomic E-state index is 0. The molecule has 1 unspecified atom stereocenters. The van der Waals surface area contributed by atoms with E-state index in [0.717, 1.165) is 30.6 Å². The predicted molar refractivity (Wildman–Crippen MR) is 106 cm³/mol. The molecule has 23 heavy (non-hydrogen) atoms. The number of hydrogen-bond donors (Lipinski definition) is 1. The van der Waals surface area contributed by atoms with Crippen LogP contribution in [0.4, 0.5) is 0 Å². The van der Waals surface area contributed by atoms with Gasteiger partial charge < -0.3 is 10.2 Å². The molecular formula is C17H30IN5. The molecule has 1 fully saturated rings. The number of rotatable bonds is 4. The topological polar surface area (TPSA) is 53.4 Å². The molecule has 0 bridgehead atoms. The van der Waals surface area contributed by atoms with E-state index in [1.54, 1.807) is 6.20 Å². The zero-order chi connectivity index (χ0) is 16.0. The van der Waals surface area contributed by atoms with E-state index in [1.165, 1.54) is 25.7 Å². The second-order valence-electron chi connectivity index (χ2n) is 6.58. The molecule has 1 saturated heterocycles. The lowest BCUT2D eigenvalue weighted by Crippen LogP contribution is -2.49. The summed E-state index contributed by atoms with van der Waals surface area (Å²) in [7, 11) is 1.86. The fraction of sp³-hybridized carbons (Fsp3) is 0.706. The molecule has 6 heteroatoms. The molecule has 1 aliphatic rings. The van der Waals surface area contributed by atoms with Crippen LogP contribution in [0.5, 0.6) is 0 Å². The van der Waals surface area contributed by atoms with Crippen LogP contribution in [0, 0.1) is 12.3 Å². The van der Waals surface area contributed by atoms with Gasteiger partial charge in [-0.25, -0.2) is 9.97 Å². The quantitative estimate of drug-likeness (QED) is 0.451. The molecule has 2 rings (SSSR count). The first-order valence-electron chi connectivity index (χ1n) is 8.30. The Labute approximate surface area is 157 Å². The van der Waals surface area contributed by atoms with Crippen LogP contribution in [0.1, 0.15) is 51.0 Å². The summed E-state index contributed by atoms with van der Waals surface area (Å²) in [5.74, 6) is 1.79. The SMILES string of the molecule is CCCC1(C)CCCN(C(=NC)NCc2ccnc(C)n2)C1.I. The number of aliphatic imine (C=N–C) groups is 1. The zero-order valence-corrected chi connectivity index (χ0v) is 17.1. The summed E-state index contributed by atoms with van der Waals surface area (Å²) in [4.78, 5) is 15.4. The second-order valence-corrected chi connectivity index (χ2v) is 6.58. The normalized spacial score (nSPS) is 21.7. The van der Waals surface area contributed by atoms with Crippen LogP contribution in [0.2, 0.25) is 0 Å². The van der Waals surface area contributed by atoms with E-state index >= 15 is 0 Å². The van der Waals surface area contributed by atoms with Crippen molar-refractivity contribution in [3.05, 3.63) is 23.8 Å². The Bertz CT molecular complexity index is 515. The largest absolute Gasteiger partial charge is 0.351 e. The zero-order valence-electron chi connectivity index (χ0n) is 14.8. The van der Waals surface area contributed by atoms with Crippen molar-refractivity contribution in [1.29, 1.82) is 0 Å². The average Bonchev–Trinajstić information content (AvgIpc) is 2.48. The fourth-order valence-corrected chi connectivity index (χ4v) is 3.41. The van der Waals surface area contributed by atoms with E-state index in [1.807, 2.05) is 20.0 Å². The summed E-state index contributed by atoms with van der Waals surface area (Å²) in [6, 6.07) is 1.95. The van der Waals surface area contributed by atoms with Crippen LogP contribution in [-0.4, -0.2) is 41.0 Å². The Balaban J connectivity index is 0.00000264. The lowest BCUT2D eigenvalue weighted by Gasteiger charge is -2.42. The lowest BCUT2D eigenvalue weighted by atomic mass is 9.78. The van der Waals surface area contributed by atoms with Gasteiger partial charge in [-0.05, 0) is 37.7 Å². The van der Waals surface area contributed by atoms with Crippen LogP contribution in [0.3, 0.4) is 0 Å². The molecule has 0 saturated carbocycles. The number of hydrogen-bond acceptors (Lipinski definition) is 3. The third kappa shape index (κ3) is 5.90. The lowest BCUT2D eigenvalue weighted by molar-refractivity contribution is 0.142. The number of piperidine rings is 1. The van der Waals surface area contributed by atoms with Gasteiger partial charge in [0.2, 0.25) is 0 Å². The molecule has 0 aromatic carbocycles. The Kier molecular flexibility index (Phi) is 8.22. The number of nitrogens with zero attached hydrogens (tertiary/aromatic N) is 4. The number of halogens is 1. The molecule has 0 aliphatic carbocycles. The van der Waals surface area contributed by atoms with Gasteiger partial charge in [-0.1, -0.05) is 20.3 Å². The Morgan fingerprint density at radius 1 is 1.48 bits per heavy atom. The van der Waals surface area contributed by atoms with Gasteiger partial charge in [-0.3, -0.25) is 4.99 Å². The highest BCUT2D eigenvalue weighted by atomic mass is 127. The van der Waals surface area contributed by atoms with Gasteiger partial charge in [0.1, 0.15) is 5.82 Å². The van der Waals surface area contributed by atoms with E-state index in [4.69, 9.17) is 0 Å². The number of aryl methyl sites for hydroxylation is 1. The van der Waals surface area contributed by atoms with Crippen molar-refractivity contribution >= 4 is 29.9 Å². The summed E-state index contributed by atoms with van der Waals surface area (Å²) >= 11 is 0. The van der Waals surface area contributed by atoms with Gasteiger partial charge >= 0.3 is 0 Å². The highest BCUT2D eigenvalue weighted by molar-refractivity contribution is 14.0. The second kappa shape index (κ2) is 9.39. The van der Waals surface area contributed by atoms with Crippen molar-refractivity contribution in [2.24, 2.45) is 10.4 Å². The maximum absolute atomic E-state index is 4.46. The first-order valence-corrected chi connectivity index (χ1v) is 8.30. The van der Waals surface area contributed by atoms with E-state index in [9.17, 15) is 0 Å². The Morgan fingerprint density at radius 2 is 2.26 bits per heavy atom. The summed E-state index contributed by atoms with van der Waals surface area (Å²) in [6.07, 6.45) is 6.90. The number of nitrogens with one attached hydrogen (secondary N) is 1. The van der Waals surface area contributed by atoms with Gasteiger partial charge in [-0.2, -0.15) is 0 Å². The third-order valence-corrected chi connectivity index (χ3v) is 4.41. The van der Waals surface area contributed by atoms with Crippen molar-refractivity contribution in [3.8, 4) is 0 Å². The van der Waals surface area contributed by atoms with Gasteiger partial charge in [-0.15, -0.1) is 24.0 Å². The van der Waals surface area contributed by atoms with Gasteiger partial charge in [0.25, 0.3) is 0 Å². The van der Waals surface area contributed by atoms with Crippen LogP contribution >= 0.6 is 24.0 Å². The minimum Gasteiger partial charge on any atom is -0.351 e. The molecule has 0 radical (unpaired) electrons. The van der Waals surface area contributed by atoms with Gasteiger partial charge in [0, 0.05) is 26.3 Å². The maximum Gasteiger partial charge on any atom is 0.193 e. The highest BCUT2D eigenvalue weighted by Crippen LogP contribution is 2.33. The number of guanidine groups is 1. The molecular weight excluding hydrogens is 401 g/mol. The van der Waals surface area contributed by atoms with Crippen LogP contribution in [-0.2, 0) is 6.54 Å². The van der Waals surface area contributed by atoms with Crippen molar-refractivity contribution in [2.45, 2.75) is 53.0 Å². The van der Waals surface area contributed by atoms with Crippen LogP contribution < -0.4 is 5.32 Å². The van der Waals surface area contributed by atoms with Crippen molar-refractivity contribution in [2.75, 3.05) is 20.1 Å². The standard InChI is InChI=1S/C17H29N5.HI/c1-5-8-17(3)9-6-11-22(13-17)16(18-4)20-12-15-7-10-19-14(2)21-15;/h7,10H,5-6,8-9,11-13H2,1-4H3,(H,18,20);1H. The Morgan fingerprint density at radius 3 is 2.91 bits per heavy atom. The van der Waals surface area contributed by atoms with Gasteiger partial charge in [0.05, 0.1) is 12.2 Å². The molecule has 1 aromatic heterocycles. The van der Waals surface area contributed by atoms with Crippen LogP contribution in [0.15, 0.2) is 17.3 Å². The van der Waals surface area contributed by atoms with E-state index in [-0.39, 0.29) is 24.0 Å². The van der Waals surface area contributed by atoms with Gasteiger partial charge in [0.15, 0.2) is 5.96 Å². The summed E-state index contributed by atoms with van der Waals surface area (Å²) in [5, 5.41) is 3.45. The monoisotopic (exact) mass is 431 g/mol. The van der Waals surface area contributed by atoms with Crippen molar-refractivity contribution in [1.82, 2.24) is 20.2 Å². The van der Waals surface area contributed by atoms with Crippen molar-refractivity contribution < 1.29 is 0 Å². The van der Waals surface area contributed by atoms with E-state index in [2.05, 4.69) is 39.0 Å².